The smallest absolute Gasteiger partial charge is 0.0309 e. The van der Waals surface area contributed by atoms with E-state index in [0.717, 1.165) is 25.9 Å². The highest BCUT2D eigenvalue weighted by Crippen LogP contribution is 2.18. The van der Waals surface area contributed by atoms with Gasteiger partial charge in [-0.25, -0.2) is 0 Å². The summed E-state index contributed by atoms with van der Waals surface area (Å²) in [6.07, 6.45) is 5.74. The molecule has 1 aromatic heterocycles. The molecule has 0 amide bonds. The molecule has 0 aliphatic heterocycles. The van der Waals surface area contributed by atoms with Crippen molar-refractivity contribution in [3.05, 3.63) is 65.5 Å². The predicted octanol–water partition coefficient (Wildman–Crippen LogP) is 2.95. The molecule has 2 N–H and O–H groups in total. The van der Waals surface area contributed by atoms with E-state index in [9.17, 15) is 0 Å². The van der Waals surface area contributed by atoms with Crippen molar-refractivity contribution in [2.24, 2.45) is 5.73 Å². The van der Waals surface area contributed by atoms with Gasteiger partial charge in [0.1, 0.15) is 0 Å². The van der Waals surface area contributed by atoms with Crippen LogP contribution in [0.25, 0.3) is 0 Å². The zero-order valence-corrected chi connectivity index (χ0v) is 13.0. The molecule has 2 rings (SSSR count). The van der Waals surface area contributed by atoms with E-state index in [1.54, 1.807) is 0 Å². The third-order valence-corrected chi connectivity index (χ3v) is 3.94. The molecule has 0 fully saturated rings. The molecular formula is C18H25N3. The molecule has 3 heteroatoms. The van der Waals surface area contributed by atoms with Crippen molar-refractivity contribution in [2.45, 2.75) is 25.8 Å². The molecule has 0 saturated heterocycles. The number of aryl methyl sites for hydroxylation is 1. The summed E-state index contributed by atoms with van der Waals surface area (Å²) >= 11 is 0. The first-order valence-electron chi connectivity index (χ1n) is 7.55. The molecule has 21 heavy (non-hydrogen) atoms. The Morgan fingerprint density at radius 1 is 1.10 bits per heavy atom. The van der Waals surface area contributed by atoms with E-state index in [2.05, 4.69) is 60.3 Å². The SMILES string of the molecule is Cc1ccccc1C(N)CCN(C)CCc1ccncc1. The number of aromatic nitrogens is 1. The Balaban J connectivity index is 1.76. The third-order valence-electron chi connectivity index (χ3n) is 3.94. The molecule has 0 spiro atoms. The minimum Gasteiger partial charge on any atom is -0.324 e. The maximum absolute atomic E-state index is 6.32. The van der Waals surface area contributed by atoms with Crippen molar-refractivity contribution in [1.82, 2.24) is 9.88 Å². The summed E-state index contributed by atoms with van der Waals surface area (Å²) in [6.45, 7) is 4.19. The molecule has 1 atom stereocenters. The van der Waals surface area contributed by atoms with Gasteiger partial charge in [0.15, 0.2) is 0 Å². The average Bonchev–Trinajstić information content (AvgIpc) is 2.52. The summed E-state index contributed by atoms with van der Waals surface area (Å²) in [5.74, 6) is 0. The van der Waals surface area contributed by atoms with Crippen molar-refractivity contribution in [1.29, 1.82) is 0 Å². The largest absolute Gasteiger partial charge is 0.324 e. The first-order chi connectivity index (χ1) is 10.2. The Bertz CT molecular complexity index is 539. The maximum Gasteiger partial charge on any atom is 0.0309 e. The lowest BCUT2D eigenvalue weighted by Gasteiger charge is -2.20. The summed E-state index contributed by atoms with van der Waals surface area (Å²) in [5, 5.41) is 0. The van der Waals surface area contributed by atoms with E-state index in [-0.39, 0.29) is 6.04 Å². The van der Waals surface area contributed by atoms with Gasteiger partial charge in [0.05, 0.1) is 0 Å². The van der Waals surface area contributed by atoms with Gasteiger partial charge in [-0.15, -0.1) is 0 Å². The van der Waals surface area contributed by atoms with Crippen molar-refractivity contribution < 1.29 is 0 Å². The zero-order valence-electron chi connectivity index (χ0n) is 13.0. The Morgan fingerprint density at radius 2 is 1.81 bits per heavy atom. The average molecular weight is 283 g/mol. The quantitative estimate of drug-likeness (QED) is 0.849. The van der Waals surface area contributed by atoms with Crippen LogP contribution < -0.4 is 5.73 Å². The van der Waals surface area contributed by atoms with E-state index >= 15 is 0 Å². The molecule has 0 aliphatic rings. The summed E-state index contributed by atoms with van der Waals surface area (Å²) in [7, 11) is 2.16. The minimum atomic E-state index is 0.120. The Labute approximate surface area is 127 Å². The van der Waals surface area contributed by atoms with Crippen LogP contribution in [0.5, 0.6) is 0 Å². The number of pyridine rings is 1. The number of benzene rings is 1. The molecule has 0 saturated carbocycles. The maximum atomic E-state index is 6.32. The van der Waals surface area contributed by atoms with Gasteiger partial charge in [0, 0.05) is 25.0 Å². The first-order valence-corrected chi connectivity index (χ1v) is 7.55. The molecule has 1 heterocycles. The topological polar surface area (TPSA) is 42.1 Å². The highest BCUT2D eigenvalue weighted by molar-refractivity contribution is 5.28. The van der Waals surface area contributed by atoms with Crippen molar-refractivity contribution in [3.8, 4) is 0 Å². The molecule has 3 nitrogen and oxygen atoms in total. The highest BCUT2D eigenvalue weighted by Gasteiger charge is 2.09. The van der Waals surface area contributed by atoms with Crippen LogP contribution in [0.1, 0.15) is 29.2 Å². The van der Waals surface area contributed by atoms with Crippen LogP contribution in [0.4, 0.5) is 0 Å². The van der Waals surface area contributed by atoms with Crippen LogP contribution >= 0.6 is 0 Å². The minimum absolute atomic E-state index is 0.120. The monoisotopic (exact) mass is 283 g/mol. The molecule has 112 valence electrons. The van der Waals surface area contributed by atoms with E-state index < -0.39 is 0 Å². The Morgan fingerprint density at radius 3 is 2.52 bits per heavy atom. The molecule has 1 unspecified atom stereocenters. The third kappa shape index (κ3) is 4.96. The lowest BCUT2D eigenvalue weighted by Crippen LogP contribution is -2.26. The van der Waals surface area contributed by atoms with Gasteiger partial charge in [-0.2, -0.15) is 0 Å². The number of hydrogen-bond donors (Lipinski definition) is 1. The fourth-order valence-electron chi connectivity index (χ4n) is 2.50. The lowest BCUT2D eigenvalue weighted by molar-refractivity contribution is 0.322. The second kappa shape index (κ2) is 7.91. The van der Waals surface area contributed by atoms with E-state index in [1.165, 1.54) is 16.7 Å². The van der Waals surface area contributed by atoms with Gasteiger partial charge >= 0.3 is 0 Å². The van der Waals surface area contributed by atoms with Crippen LogP contribution in [0.3, 0.4) is 0 Å². The Hall–Kier alpha value is -1.71. The van der Waals surface area contributed by atoms with E-state index in [4.69, 9.17) is 5.73 Å². The summed E-state index contributed by atoms with van der Waals surface area (Å²) in [5.41, 5.74) is 10.2. The number of hydrogen-bond acceptors (Lipinski definition) is 3. The van der Waals surface area contributed by atoms with Gasteiger partial charge in [0.2, 0.25) is 0 Å². The van der Waals surface area contributed by atoms with Crippen LogP contribution in [0.2, 0.25) is 0 Å². The van der Waals surface area contributed by atoms with Gasteiger partial charge in [-0.1, -0.05) is 24.3 Å². The second-order valence-corrected chi connectivity index (χ2v) is 5.66. The predicted molar refractivity (Wildman–Crippen MR) is 88.2 cm³/mol. The highest BCUT2D eigenvalue weighted by atomic mass is 15.1. The van der Waals surface area contributed by atoms with Crippen molar-refractivity contribution >= 4 is 0 Å². The van der Waals surface area contributed by atoms with Crippen LogP contribution in [0, 0.1) is 6.92 Å². The van der Waals surface area contributed by atoms with E-state index in [1.807, 2.05) is 12.4 Å². The number of rotatable bonds is 7. The first kappa shape index (κ1) is 15.7. The number of nitrogens with zero attached hydrogens (tertiary/aromatic N) is 2. The zero-order chi connectivity index (χ0) is 15.1. The molecule has 0 radical (unpaired) electrons. The standard InChI is InChI=1S/C18H25N3/c1-15-5-3-4-6-17(15)18(19)10-14-21(2)13-9-16-7-11-20-12-8-16/h3-8,11-12,18H,9-10,13-14,19H2,1-2H3. The Kier molecular flexibility index (Phi) is 5.90. The van der Waals surface area contributed by atoms with Gasteiger partial charge < -0.3 is 10.6 Å². The van der Waals surface area contributed by atoms with Gasteiger partial charge in [-0.3, -0.25) is 4.98 Å². The molecule has 0 bridgehead atoms. The molecule has 2 aromatic rings. The van der Waals surface area contributed by atoms with Crippen molar-refractivity contribution in [3.63, 3.8) is 0 Å². The summed E-state index contributed by atoms with van der Waals surface area (Å²) in [4.78, 5) is 6.39. The van der Waals surface area contributed by atoms with Crippen LogP contribution in [-0.4, -0.2) is 30.0 Å². The van der Waals surface area contributed by atoms with Gasteiger partial charge in [-0.05, 0) is 62.2 Å². The van der Waals surface area contributed by atoms with Crippen LogP contribution in [0.15, 0.2) is 48.8 Å². The second-order valence-electron chi connectivity index (χ2n) is 5.66. The fraction of sp³-hybridized carbons (Fsp3) is 0.389. The van der Waals surface area contributed by atoms with Gasteiger partial charge in [0.25, 0.3) is 0 Å². The molecule has 0 aliphatic carbocycles. The molecule has 1 aromatic carbocycles. The van der Waals surface area contributed by atoms with E-state index in [0.29, 0.717) is 0 Å². The van der Waals surface area contributed by atoms with Crippen molar-refractivity contribution in [2.75, 3.05) is 20.1 Å². The fourth-order valence-corrected chi connectivity index (χ4v) is 2.50. The normalized spacial score (nSPS) is 12.6. The summed E-state index contributed by atoms with van der Waals surface area (Å²) < 4.78 is 0. The lowest BCUT2D eigenvalue weighted by atomic mass is 9.99. The molecular weight excluding hydrogens is 258 g/mol. The summed E-state index contributed by atoms with van der Waals surface area (Å²) in [6, 6.07) is 12.7. The number of likely N-dealkylation sites (N-methyl/N-ethyl adjacent to an activating group) is 1. The number of nitrogens with two attached hydrogens (primary N) is 1. The van der Waals surface area contributed by atoms with Crippen LogP contribution in [-0.2, 0) is 6.42 Å².